The molecule has 128 valence electrons. The van der Waals surface area contributed by atoms with Crippen LogP contribution in [0.4, 0.5) is 0 Å². The largest absolute Gasteiger partial charge is 0.476 e. The maximum Gasteiger partial charge on any atom is 0.368 e. The van der Waals surface area contributed by atoms with Crippen molar-refractivity contribution in [1.29, 1.82) is 0 Å². The smallest absolute Gasteiger partial charge is 0.368 e. The Morgan fingerprint density at radius 2 is 1.96 bits per heavy atom. The van der Waals surface area contributed by atoms with Crippen LogP contribution in [-0.4, -0.2) is 39.4 Å². The molecule has 0 radical (unpaired) electrons. The van der Waals surface area contributed by atoms with Crippen molar-refractivity contribution in [2.24, 2.45) is 13.0 Å². The minimum absolute atomic E-state index is 0.0437. The lowest BCUT2D eigenvalue weighted by Crippen LogP contribution is -2.28. The first-order valence-electron chi connectivity index (χ1n) is 7.86. The van der Waals surface area contributed by atoms with Crippen LogP contribution in [0.1, 0.15) is 41.7 Å². The van der Waals surface area contributed by atoms with Gasteiger partial charge < -0.3 is 14.8 Å². The number of aliphatic hydroxyl groups excluding tert-OH is 1. The summed E-state index contributed by atoms with van der Waals surface area (Å²) < 4.78 is 2.16. The molecule has 0 amide bonds. The van der Waals surface area contributed by atoms with Gasteiger partial charge in [0.2, 0.25) is 6.29 Å². The zero-order chi connectivity index (χ0) is 17.9. The number of aliphatic carboxylic acids is 1. The van der Waals surface area contributed by atoms with E-state index < -0.39 is 5.97 Å². The molecule has 6 nitrogen and oxygen atoms in total. The molecule has 6 heteroatoms. The molecule has 2 unspecified atom stereocenters. The summed E-state index contributed by atoms with van der Waals surface area (Å²) in [5, 5.41) is 17.8. The van der Waals surface area contributed by atoms with Gasteiger partial charge in [-0.3, -0.25) is 9.59 Å². The third-order valence-electron chi connectivity index (χ3n) is 4.54. The molecular weight excluding hydrogens is 310 g/mol. The molecule has 3 rings (SSSR count). The first kappa shape index (κ1) is 17.9. The summed E-state index contributed by atoms with van der Waals surface area (Å²) in [6.07, 6.45) is 1.60. The van der Waals surface area contributed by atoms with Gasteiger partial charge in [-0.25, -0.2) is 4.79 Å². The molecule has 0 saturated heterocycles. The molecule has 2 N–H and O–H groups in total. The number of carboxylic acid groups (broad SMARTS) is 1. The fourth-order valence-electron chi connectivity index (χ4n) is 3.43. The van der Waals surface area contributed by atoms with Crippen LogP contribution in [0.3, 0.4) is 0 Å². The highest BCUT2D eigenvalue weighted by molar-refractivity contribution is 6.19. The highest BCUT2D eigenvalue weighted by Crippen LogP contribution is 2.41. The normalized spacial score (nSPS) is 19.4. The van der Waals surface area contributed by atoms with Crippen molar-refractivity contribution in [2.45, 2.75) is 25.7 Å². The molecule has 0 bridgehead atoms. The topological polar surface area (TPSA) is 96.6 Å². The number of benzene rings is 1. The Morgan fingerprint density at radius 1 is 1.33 bits per heavy atom. The number of aryl methyl sites for hydroxylation is 1. The molecule has 1 aliphatic carbocycles. The van der Waals surface area contributed by atoms with Crippen LogP contribution >= 0.6 is 0 Å². The van der Waals surface area contributed by atoms with Gasteiger partial charge in [0, 0.05) is 41.0 Å². The number of carboxylic acids is 1. The second kappa shape index (κ2) is 7.40. The Kier molecular flexibility index (Phi) is 5.51. The number of aliphatic hydroxyl groups is 1. The van der Waals surface area contributed by atoms with Crippen molar-refractivity contribution in [3.63, 3.8) is 0 Å². The highest BCUT2D eigenvalue weighted by Gasteiger charge is 2.36. The summed E-state index contributed by atoms with van der Waals surface area (Å²) in [5.74, 6) is -1.19. The summed E-state index contributed by atoms with van der Waals surface area (Å²) in [4.78, 5) is 30.5. The second-order valence-corrected chi connectivity index (χ2v) is 5.88. The quantitative estimate of drug-likeness (QED) is 0.663. The molecule has 1 heterocycles. The Balaban J connectivity index is 0.000000368. The summed E-state index contributed by atoms with van der Waals surface area (Å²) in [6, 6.07) is 8.04. The Labute approximate surface area is 139 Å². The van der Waals surface area contributed by atoms with Gasteiger partial charge in [-0.1, -0.05) is 25.1 Å². The van der Waals surface area contributed by atoms with Crippen LogP contribution in [0.15, 0.2) is 24.3 Å². The van der Waals surface area contributed by atoms with Gasteiger partial charge in [0.15, 0.2) is 5.78 Å². The van der Waals surface area contributed by atoms with E-state index >= 15 is 0 Å². The summed E-state index contributed by atoms with van der Waals surface area (Å²) in [7, 11) is 2.04. The van der Waals surface area contributed by atoms with Crippen molar-refractivity contribution < 1.29 is 24.6 Å². The monoisotopic (exact) mass is 331 g/mol. The Morgan fingerprint density at radius 3 is 2.50 bits per heavy atom. The Bertz CT molecular complexity index is 777. The van der Waals surface area contributed by atoms with Crippen LogP contribution in [0.25, 0.3) is 10.9 Å². The number of hydrogen-bond donors (Lipinski definition) is 2. The van der Waals surface area contributed by atoms with E-state index in [1.165, 1.54) is 0 Å². The number of carbonyl (C=O) groups excluding carboxylic acids is 2. The zero-order valence-electron chi connectivity index (χ0n) is 13.7. The number of para-hydroxylation sites is 1. The number of rotatable bonds is 3. The lowest BCUT2D eigenvalue weighted by molar-refractivity contribution is -0.143. The highest BCUT2D eigenvalue weighted by atomic mass is 16.4. The number of aromatic nitrogens is 1. The predicted molar refractivity (Wildman–Crippen MR) is 89.2 cm³/mol. The van der Waals surface area contributed by atoms with Gasteiger partial charge >= 0.3 is 5.97 Å². The lowest BCUT2D eigenvalue weighted by atomic mass is 9.78. The second-order valence-electron chi connectivity index (χ2n) is 5.88. The van der Waals surface area contributed by atoms with E-state index in [2.05, 4.69) is 17.6 Å². The number of aldehydes is 1. The van der Waals surface area contributed by atoms with Crippen LogP contribution in [-0.2, 0) is 16.6 Å². The average molecular weight is 331 g/mol. The van der Waals surface area contributed by atoms with E-state index in [4.69, 9.17) is 14.7 Å². The van der Waals surface area contributed by atoms with Crippen molar-refractivity contribution in [3.05, 3.63) is 35.5 Å². The molecule has 0 saturated carbocycles. The van der Waals surface area contributed by atoms with Gasteiger partial charge in [-0.15, -0.1) is 0 Å². The third kappa shape index (κ3) is 3.10. The van der Waals surface area contributed by atoms with Gasteiger partial charge in [0.1, 0.15) is 0 Å². The molecule has 1 aromatic heterocycles. The molecule has 1 aromatic carbocycles. The number of nitrogens with zero attached hydrogens (tertiary/aromatic N) is 1. The van der Waals surface area contributed by atoms with E-state index in [0.29, 0.717) is 5.92 Å². The fourth-order valence-corrected chi connectivity index (χ4v) is 3.43. The molecule has 1 aliphatic rings. The molecule has 0 fully saturated rings. The number of fused-ring (bicyclic) bond motifs is 3. The van der Waals surface area contributed by atoms with E-state index in [1.54, 1.807) is 0 Å². The van der Waals surface area contributed by atoms with Crippen LogP contribution in [0.2, 0.25) is 0 Å². The van der Waals surface area contributed by atoms with E-state index in [0.717, 1.165) is 35.0 Å². The maximum absolute atomic E-state index is 12.6. The molecule has 2 aromatic rings. The number of ketones is 1. The van der Waals surface area contributed by atoms with Crippen LogP contribution in [0, 0.1) is 5.92 Å². The van der Waals surface area contributed by atoms with Crippen LogP contribution < -0.4 is 0 Å². The number of hydrogen-bond acceptors (Lipinski definition) is 4. The molecule has 0 aliphatic heterocycles. The lowest BCUT2D eigenvalue weighted by Gasteiger charge is -2.28. The third-order valence-corrected chi connectivity index (χ3v) is 4.54. The minimum atomic E-state index is -1.43. The first-order chi connectivity index (χ1) is 11.5. The van der Waals surface area contributed by atoms with E-state index in [-0.39, 0.29) is 24.6 Å². The molecule has 2 atom stereocenters. The average Bonchev–Trinajstić information content (AvgIpc) is 2.90. The first-order valence-corrected chi connectivity index (χ1v) is 7.86. The summed E-state index contributed by atoms with van der Waals surface area (Å²) >= 11 is 0. The summed E-state index contributed by atoms with van der Waals surface area (Å²) in [5.41, 5.74) is 3.10. The van der Waals surface area contributed by atoms with Gasteiger partial charge in [-0.2, -0.15) is 0 Å². The van der Waals surface area contributed by atoms with Gasteiger partial charge in [0.25, 0.3) is 0 Å². The van der Waals surface area contributed by atoms with Gasteiger partial charge in [0.05, 0.1) is 6.61 Å². The van der Waals surface area contributed by atoms with E-state index in [9.17, 15) is 9.90 Å². The predicted octanol–water partition coefficient (Wildman–Crippen LogP) is 2.14. The maximum atomic E-state index is 12.6. The minimum Gasteiger partial charge on any atom is -0.476 e. The number of Topliss-reactive ketones (excluding diaryl/α,β-unsaturated/α-hetero) is 1. The van der Waals surface area contributed by atoms with Gasteiger partial charge in [-0.05, 0) is 18.9 Å². The van der Waals surface area contributed by atoms with E-state index in [1.807, 2.05) is 25.2 Å². The fraction of sp³-hybridized carbons (Fsp3) is 0.389. The van der Waals surface area contributed by atoms with Crippen molar-refractivity contribution in [1.82, 2.24) is 4.57 Å². The molecular formula is C18H21NO5. The van der Waals surface area contributed by atoms with Crippen molar-refractivity contribution >= 4 is 28.9 Å². The SMILES string of the molecule is CCC1CC(CO)C(=O)c2c1n(C)c1ccccc21.O=CC(=O)O. The van der Waals surface area contributed by atoms with Crippen LogP contribution in [0.5, 0.6) is 0 Å². The molecule has 24 heavy (non-hydrogen) atoms. The summed E-state index contributed by atoms with van der Waals surface area (Å²) in [6.45, 7) is 2.11. The molecule has 0 spiro atoms. The van der Waals surface area contributed by atoms with Crippen molar-refractivity contribution in [2.75, 3.05) is 6.61 Å². The van der Waals surface area contributed by atoms with Crippen molar-refractivity contribution in [3.8, 4) is 0 Å². The standard InChI is InChI=1S/C16H19NO2.C2H2O3/c1-3-10-8-11(9-18)16(19)14-12-6-4-5-7-13(12)17(2)15(10)14;3-1-2(4)5/h4-7,10-11,18H,3,8-9H2,1-2H3;1H,(H,4,5). The zero-order valence-corrected chi connectivity index (χ0v) is 13.7. The Hall–Kier alpha value is -2.47. The number of carbonyl (C=O) groups is 3.